The van der Waals surface area contributed by atoms with Gasteiger partial charge in [-0.25, -0.2) is 5.43 Å². The van der Waals surface area contributed by atoms with E-state index in [1.54, 1.807) is 11.7 Å². The Morgan fingerprint density at radius 3 is 2.29 bits per heavy atom. The number of hydrogen-bond donors (Lipinski definition) is 1. The number of rotatable bonds is 5. The summed E-state index contributed by atoms with van der Waals surface area (Å²) in [6, 6.07) is 22.6. The van der Waals surface area contributed by atoms with Crippen molar-refractivity contribution in [2.75, 3.05) is 13.7 Å². The van der Waals surface area contributed by atoms with Crippen molar-refractivity contribution >= 4 is 45.2 Å². The molecular formula is C24H20ClN3O3. The Bertz CT molecular complexity index is 1260. The fourth-order valence-corrected chi connectivity index (χ4v) is 4.56. The van der Waals surface area contributed by atoms with Crippen LogP contribution in [-0.2, 0) is 4.79 Å². The van der Waals surface area contributed by atoms with Crippen LogP contribution >= 0.6 is 11.6 Å². The fraction of sp³-hybridized carbons (Fsp3) is 0.167. The summed E-state index contributed by atoms with van der Waals surface area (Å²) in [5.74, 6) is 0.263. The van der Waals surface area contributed by atoms with Gasteiger partial charge in [0, 0.05) is 10.8 Å². The van der Waals surface area contributed by atoms with Crippen molar-refractivity contribution < 1.29 is 14.3 Å². The molecule has 2 unspecified atom stereocenters. The van der Waals surface area contributed by atoms with E-state index in [-0.39, 0.29) is 24.4 Å². The summed E-state index contributed by atoms with van der Waals surface area (Å²) in [6.45, 7) is -0.0432. The highest BCUT2D eigenvalue weighted by molar-refractivity contribution is 6.33. The van der Waals surface area contributed by atoms with Crippen LogP contribution in [0.3, 0.4) is 0 Å². The van der Waals surface area contributed by atoms with Gasteiger partial charge in [-0.3, -0.25) is 19.2 Å². The fourth-order valence-electron chi connectivity index (χ4n) is 4.20. The van der Waals surface area contributed by atoms with Gasteiger partial charge >= 0.3 is 0 Å². The number of hydrogen-bond acceptors (Lipinski definition) is 4. The average Bonchev–Trinajstić information content (AvgIpc) is 3.15. The maximum Gasteiger partial charge on any atom is 0.257 e. The first-order valence-corrected chi connectivity index (χ1v) is 10.4. The summed E-state index contributed by atoms with van der Waals surface area (Å²) in [6.07, 6.45) is 0. The largest absolute Gasteiger partial charge is 0.497 e. The molecule has 31 heavy (non-hydrogen) atoms. The Labute approximate surface area is 183 Å². The molecule has 1 saturated heterocycles. The minimum Gasteiger partial charge on any atom is -0.497 e. The number of hydrazine groups is 1. The summed E-state index contributed by atoms with van der Waals surface area (Å²) < 4.78 is 6.97. The van der Waals surface area contributed by atoms with Gasteiger partial charge in [0.1, 0.15) is 11.1 Å². The molecule has 1 fully saturated rings. The number of halogens is 1. The molecule has 0 bridgehead atoms. The molecule has 0 aliphatic carbocycles. The molecule has 0 saturated carbocycles. The highest BCUT2D eigenvalue weighted by Gasteiger charge is 2.47. The van der Waals surface area contributed by atoms with Gasteiger partial charge in [0.05, 0.1) is 30.7 Å². The lowest BCUT2D eigenvalue weighted by molar-refractivity contribution is -0.150. The van der Waals surface area contributed by atoms with Gasteiger partial charge < -0.3 is 4.74 Å². The number of alkyl halides is 1. The third kappa shape index (κ3) is 3.15. The van der Waals surface area contributed by atoms with Gasteiger partial charge in [0.15, 0.2) is 0 Å². The number of β-lactam (4-membered cyclic amide) rings is 1. The van der Waals surface area contributed by atoms with E-state index in [1.807, 2.05) is 72.8 Å². The standard InChI is InChI=1S/C24H20ClN3O3/c1-31-16-8-6-7-15(13-16)23-22(25)24(30)28(23)26-14-21(29)27-19-11-4-2-9-17(19)18-10-3-5-12-20(18)27/h2-13,22-23,26H,14H2,1H3. The zero-order valence-corrected chi connectivity index (χ0v) is 17.5. The van der Waals surface area contributed by atoms with E-state index in [1.165, 1.54) is 5.01 Å². The summed E-state index contributed by atoms with van der Waals surface area (Å²) >= 11 is 6.30. The quantitative estimate of drug-likeness (QED) is 0.379. The molecule has 4 aromatic rings. The highest BCUT2D eigenvalue weighted by Crippen LogP contribution is 2.38. The molecule has 6 nitrogen and oxygen atoms in total. The number of carbonyl (C=O) groups is 2. The average molecular weight is 434 g/mol. The first-order valence-electron chi connectivity index (χ1n) is 9.96. The summed E-state index contributed by atoms with van der Waals surface area (Å²) in [4.78, 5) is 25.6. The van der Waals surface area contributed by atoms with Crippen LogP contribution in [-0.4, -0.2) is 40.4 Å². The molecular weight excluding hydrogens is 414 g/mol. The predicted molar refractivity (Wildman–Crippen MR) is 120 cm³/mol. The molecule has 2 atom stereocenters. The lowest BCUT2D eigenvalue weighted by Crippen LogP contribution is -2.62. The van der Waals surface area contributed by atoms with Crippen LogP contribution in [0.5, 0.6) is 5.75 Å². The van der Waals surface area contributed by atoms with Crippen LogP contribution in [0.4, 0.5) is 0 Å². The second kappa shape index (κ2) is 7.72. The topological polar surface area (TPSA) is 63.6 Å². The monoisotopic (exact) mass is 433 g/mol. The normalized spacial score (nSPS) is 18.4. The van der Waals surface area contributed by atoms with E-state index in [9.17, 15) is 9.59 Å². The van der Waals surface area contributed by atoms with Crippen LogP contribution in [0.1, 0.15) is 16.4 Å². The third-order valence-corrected chi connectivity index (χ3v) is 6.12. The number of methoxy groups -OCH3 is 1. The number of carbonyl (C=O) groups excluding carboxylic acids is 2. The van der Waals surface area contributed by atoms with Crippen molar-refractivity contribution in [3.05, 3.63) is 78.4 Å². The molecule has 2 heterocycles. The van der Waals surface area contributed by atoms with Crippen molar-refractivity contribution in [1.29, 1.82) is 0 Å². The lowest BCUT2D eigenvalue weighted by atomic mass is 9.95. The molecule has 1 amide bonds. The van der Waals surface area contributed by atoms with Crippen LogP contribution in [0, 0.1) is 0 Å². The Balaban J connectivity index is 1.42. The van der Waals surface area contributed by atoms with Gasteiger partial charge in [-0.1, -0.05) is 48.5 Å². The second-order valence-electron chi connectivity index (χ2n) is 7.43. The lowest BCUT2D eigenvalue weighted by Gasteiger charge is -2.44. The molecule has 3 aromatic carbocycles. The van der Waals surface area contributed by atoms with E-state index >= 15 is 0 Å². The zero-order valence-electron chi connectivity index (χ0n) is 16.8. The Morgan fingerprint density at radius 2 is 1.65 bits per heavy atom. The summed E-state index contributed by atoms with van der Waals surface area (Å²) in [5, 5.41) is 2.77. The number of nitrogens with zero attached hydrogens (tertiary/aromatic N) is 2. The number of nitrogens with one attached hydrogen (secondary N) is 1. The number of aromatic nitrogens is 1. The van der Waals surface area contributed by atoms with Crippen LogP contribution in [0.2, 0.25) is 0 Å². The van der Waals surface area contributed by atoms with Crippen molar-refractivity contribution in [1.82, 2.24) is 15.0 Å². The predicted octanol–water partition coefficient (Wildman–Crippen LogP) is 4.14. The molecule has 1 N–H and O–H groups in total. The zero-order chi connectivity index (χ0) is 21.5. The molecule has 1 aliphatic rings. The van der Waals surface area contributed by atoms with Crippen LogP contribution in [0.15, 0.2) is 72.8 Å². The Kier molecular flexibility index (Phi) is 4.88. The molecule has 1 aliphatic heterocycles. The van der Waals surface area contributed by atoms with Crippen LogP contribution in [0.25, 0.3) is 21.8 Å². The van der Waals surface area contributed by atoms with E-state index in [4.69, 9.17) is 16.3 Å². The summed E-state index contributed by atoms with van der Waals surface area (Å²) in [7, 11) is 1.59. The highest BCUT2D eigenvalue weighted by atomic mass is 35.5. The minimum absolute atomic E-state index is 0.0432. The van der Waals surface area contributed by atoms with Gasteiger partial charge in [-0.15, -0.1) is 11.6 Å². The maximum absolute atomic E-state index is 13.2. The van der Waals surface area contributed by atoms with E-state index in [2.05, 4.69) is 5.43 Å². The first kappa shape index (κ1) is 19.6. The van der Waals surface area contributed by atoms with Crippen molar-refractivity contribution in [2.24, 2.45) is 0 Å². The van der Waals surface area contributed by atoms with Gasteiger partial charge in [0.25, 0.3) is 5.91 Å². The van der Waals surface area contributed by atoms with E-state index in [0.717, 1.165) is 27.4 Å². The van der Waals surface area contributed by atoms with Gasteiger partial charge in [-0.05, 0) is 29.8 Å². The maximum atomic E-state index is 13.2. The second-order valence-corrected chi connectivity index (χ2v) is 7.90. The van der Waals surface area contributed by atoms with Crippen molar-refractivity contribution in [3.63, 3.8) is 0 Å². The molecule has 1 aromatic heterocycles. The number of benzene rings is 3. The number of amides is 1. The molecule has 7 heteroatoms. The molecule has 156 valence electrons. The molecule has 5 rings (SSSR count). The van der Waals surface area contributed by atoms with Crippen molar-refractivity contribution in [3.8, 4) is 5.75 Å². The Hall–Kier alpha value is -3.35. The molecule has 0 radical (unpaired) electrons. The first-order chi connectivity index (χ1) is 15.1. The smallest absolute Gasteiger partial charge is 0.257 e. The summed E-state index contributed by atoms with van der Waals surface area (Å²) in [5.41, 5.74) is 5.51. The van der Waals surface area contributed by atoms with Gasteiger partial charge in [-0.2, -0.15) is 0 Å². The van der Waals surface area contributed by atoms with E-state index < -0.39 is 5.38 Å². The number of ether oxygens (including phenoxy) is 1. The van der Waals surface area contributed by atoms with E-state index in [0.29, 0.717) is 5.75 Å². The number of fused-ring (bicyclic) bond motifs is 3. The SMILES string of the molecule is COc1cccc(C2C(Cl)C(=O)N2NCC(=O)n2c3ccccc3c3ccccc32)c1. The molecule has 0 spiro atoms. The number of para-hydroxylation sites is 2. The van der Waals surface area contributed by atoms with Gasteiger partial charge in [0.2, 0.25) is 5.91 Å². The third-order valence-electron chi connectivity index (χ3n) is 5.69. The van der Waals surface area contributed by atoms with Crippen molar-refractivity contribution in [2.45, 2.75) is 11.4 Å². The van der Waals surface area contributed by atoms with Crippen LogP contribution < -0.4 is 10.2 Å². The Morgan fingerprint density at radius 1 is 1.00 bits per heavy atom. The minimum atomic E-state index is -0.692.